The van der Waals surface area contributed by atoms with Gasteiger partial charge in [0.2, 0.25) is 0 Å². The second-order valence-electron chi connectivity index (χ2n) is 1.81. The molecular weight excluding hydrogens is 185 g/mol. The minimum Gasteiger partial charge on any atom is -0.340 e. The summed E-state index contributed by atoms with van der Waals surface area (Å²) in [6.45, 7) is -1.64. The van der Waals surface area contributed by atoms with E-state index < -0.39 is 6.98 Å². The molecule has 0 aromatic carbocycles. The lowest BCUT2D eigenvalue weighted by atomic mass is 10.3. The van der Waals surface area contributed by atoms with Gasteiger partial charge >= 0.3 is 0 Å². The van der Waals surface area contributed by atoms with E-state index in [4.69, 9.17) is 9.85 Å². The molecule has 0 radical (unpaired) electrons. The third-order valence-electron chi connectivity index (χ3n) is 1.04. The molecule has 1 aromatic heterocycles. The Hall–Kier alpha value is -0.250. The van der Waals surface area contributed by atoms with Crippen LogP contribution in [0.25, 0.3) is 0 Å². The number of nitrogens with two attached hydrogens (primary N) is 1. The van der Waals surface area contributed by atoms with E-state index in [1.165, 1.54) is 12.5 Å². The molecule has 0 unspecified atom stereocenters. The zero-order chi connectivity index (χ0) is 9.19. The molecule has 0 aliphatic rings. The van der Waals surface area contributed by atoms with Gasteiger partial charge < -0.3 is 10.3 Å². The molecule has 1 heterocycles. The summed E-state index contributed by atoms with van der Waals surface area (Å²) < 4.78 is 22.2. The van der Waals surface area contributed by atoms with Gasteiger partial charge in [-0.15, -0.1) is 24.8 Å². The highest BCUT2D eigenvalue weighted by atomic mass is 35.5. The summed E-state index contributed by atoms with van der Waals surface area (Å²) in [5, 5.41) is 0. The van der Waals surface area contributed by atoms with E-state index >= 15 is 0 Å². The van der Waals surface area contributed by atoms with Crippen LogP contribution in [0.1, 0.15) is 9.81 Å². The highest BCUT2D eigenvalue weighted by molar-refractivity contribution is 5.85. The van der Waals surface area contributed by atoms with Crippen molar-refractivity contribution >= 4 is 24.8 Å². The average Bonchev–Trinajstić information content (AvgIpc) is 2.35. The van der Waals surface area contributed by atoms with Crippen LogP contribution in [-0.2, 0) is 13.4 Å². The zero-order valence-corrected chi connectivity index (χ0v) is 7.49. The third kappa shape index (κ3) is 4.24. The number of hydrogen-bond donors (Lipinski definition) is 1. The zero-order valence-electron chi connectivity index (χ0n) is 8.86. The molecule has 0 aliphatic carbocycles. The molecule has 0 spiro atoms. The second kappa shape index (κ2) is 6.46. The molecule has 2 N–H and O–H groups in total. The summed E-state index contributed by atoms with van der Waals surface area (Å²) in [6.07, 6.45) is 3.42. The Kier molecular flexibility index (Phi) is 4.35. The maximum atomic E-state index is 7.04. The van der Waals surface area contributed by atoms with Crippen LogP contribution < -0.4 is 5.73 Å². The summed E-state index contributed by atoms with van der Waals surface area (Å²) >= 11 is 0. The van der Waals surface area contributed by atoms with Crippen LogP contribution in [0.5, 0.6) is 0 Å². The molecule has 0 amide bonds. The number of hydrogen-bond acceptors (Lipinski definition) is 2. The van der Waals surface area contributed by atoms with E-state index in [0.717, 1.165) is 4.57 Å². The van der Waals surface area contributed by atoms with Crippen molar-refractivity contribution in [3.05, 3.63) is 18.2 Å². The third-order valence-corrected chi connectivity index (χ3v) is 1.04. The van der Waals surface area contributed by atoms with E-state index in [-0.39, 0.29) is 24.8 Å². The number of nitrogens with zero attached hydrogens (tertiary/aromatic N) is 2. The Bertz CT molecular complexity index is 261. The lowest BCUT2D eigenvalue weighted by Crippen LogP contribution is -2.02. The molecule has 0 atom stereocenters. The lowest BCUT2D eigenvalue weighted by molar-refractivity contribution is 0.906. The van der Waals surface area contributed by atoms with Crippen LogP contribution in [-0.4, -0.2) is 16.1 Å². The summed E-state index contributed by atoms with van der Waals surface area (Å²) in [5.74, 6) is 0. The van der Waals surface area contributed by atoms with E-state index in [2.05, 4.69) is 4.98 Å². The quantitative estimate of drug-likeness (QED) is 0.767. The minimum atomic E-state index is -2.13. The summed E-state index contributed by atoms with van der Waals surface area (Å²) in [4.78, 5) is 3.90. The Morgan fingerprint density at radius 1 is 1.73 bits per heavy atom. The molecule has 3 nitrogen and oxygen atoms in total. The normalized spacial score (nSPS) is 13.4. The maximum absolute atomic E-state index is 7.04. The minimum absolute atomic E-state index is 0. The Morgan fingerprint density at radius 3 is 2.91 bits per heavy atom. The van der Waals surface area contributed by atoms with E-state index in [0.29, 0.717) is 18.7 Å². The molecule has 11 heavy (non-hydrogen) atoms. The van der Waals surface area contributed by atoms with Crippen molar-refractivity contribution in [3.63, 3.8) is 0 Å². The van der Waals surface area contributed by atoms with Crippen molar-refractivity contribution in [1.82, 2.24) is 9.55 Å². The van der Waals surface area contributed by atoms with Gasteiger partial charge in [0.25, 0.3) is 0 Å². The SMILES string of the molecule is Cl.Cl.[2H]C([2H])([2H])n1cnc(CCN)c1. The maximum Gasteiger partial charge on any atom is 0.0946 e. The second-order valence-corrected chi connectivity index (χ2v) is 1.81. The number of aryl methyl sites for hydroxylation is 1. The van der Waals surface area contributed by atoms with Crippen LogP contribution in [0.4, 0.5) is 0 Å². The fourth-order valence-electron chi connectivity index (χ4n) is 0.641. The highest BCUT2D eigenvalue weighted by Gasteiger charge is 1.91. The number of halogens is 2. The molecule has 0 saturated carbocycles. The van der Waals surface area contributed by atoms with E-state index in [1.54, 1.807) is 0 Å². The Labute approximate surface area is 83.0 Å². The van der Waals surface area contributed by atoms with Crippen molar-refractivity contribution in [2.24, 2.45) is 12.7 Å². The van der Waals surface area contributed by atoms with Gasteiger partial charge in [0.05, 0.1) is 12.0 Å². The molecule has 0 bridgehead atoms. The first-order valence-electron chi connectivity index (χ1n) is 4.27. The number of rotatable bonds is 2. The van der Waals surface area contributed by atoms with Crippen molar-refractivity contribution in [2.75, 3.05) is 6.54 Å². The highest BCUT2D eigenvalue weighted by Crippen LogP contribution is 1.92. The predicted octanol–water partition coefficient (Wildman–Crippen LogP) is 0.765. The molecule has 5 heteroatoms. The van der Waals surface area contributed by atoms with E-state index in [1.807, 2.05) is 0 Å². The van der Waals surface area contributed by atoms with Crippen LogP contribution in [0, 0.1) is 0 Å². The Balaban J connectivity index is 0. The van der Waals surface area contributed by atoms with Gasteiger partial charge in [0.15, 0.2) is 0 Å². The van der Waals surface area contributed by atoms with Crippen LogP contribution in [0.3, 0.4) is 0 Å². The van der Waals surface area contributed by atoms with Gasteiger partial charge in [-0.25, -0.2) is 4.98 Å². The van der Waals surface area contributed by atoms with Crippen LogP contribution >= 0.6 is 24.8 Å². The Morgan fingerprint density at radius 2 is 2.45 bits per heavy atom. The molecule has 0 fully saturated rings. The van der Waals surface area contributed by atoms with Gasteiger partial charge in [0, 0.05) is 23.7 Å². The number of imidazole rings is 1. The summed E-state index contributed by atoms with van der Waals surface area (Å²) in [5.41, 5.74) is 6.01. The first-order chi connectivity index (χ1) is 5.54. The predicted molar refractivity (Wildman–Crippen MR) is 50.5 cm³/mol. The van der Waals surface area contributed by atoms with Crippen molar-refractivity contribution in [2.45, 2.75) is 6.42 Å². The summed E-state index contributed by atoms with van der Waals surface area (Å²) in [6, 6.07) is 0. The van der Waals surface area contributed by atoms with Crippen molar-refractivity contribution in [1.29, 1.82) is 0 Å². The lowest BCUT2D eigenvalue weighted by Gasteiger charge is -1.86. The van der Waals surface area contributed by atoms with E-state index in [9.17, 15) is 0 Å². The fourth-order valence-corrected chi connectivity index (χ4v) is 0.641. The van der Waals surface area contributed by atoms with Gasteiger partial charge in [-0.3, -0.25) is 0 Å². The smallest absolute Gasteiger partial charge is 0.0946 e. The average molecular weight is 201 g/mol. The van der Waals surface area contributed by atoms with Crippen LogP contribution in [0.15, 0.2) is 12.5 Å². The molecule has 0 saturated heterocycles. The largest absolute Gasteiger partial charge is 0.340 e. The first-order valence-corrected chi connectivity index (χ1v) is 2.77. The topological polar surface area (TPSA) is 43.8 Å². The fraction of sp³-hybridized carbons (Fsp3) is 0.500. The standard InChI is InChI=1S/C6H11N3.2ClH/c1-9-4-6(2-3-7)8-5-9;;/h4-5H,2-3,7H2,1H3;2*1H/i1D3;;. The van der Waals surface area contributed by atoms with Crippen molar-refractivity contribution < 1.29 is 4.11 Å². The molecule has 0 aliphatic heterocycles. The molecular formula is C6H13Cl2N3. The molecule has 1 aromatic rings. The monoisotopic (exact) mass is 200 g/mol. The van der Waals surface area contributed by atoms with Gasteiger partial charge in [-0.05, 0) is 6.54 Å². The van der Waals surface area contributed by atoms with Gasteiger partial charge in [-0.2, -0.15) is 0 Å². The van der Waals surface area contributed by atoms with Crippen molar-refractivity contribution in [3.8, 4) is 0 Å². The number of aromatic nitrogens is 2. The van der Waals surface area contributed by atoms with Crippen LogP contribution in [0.2, 0.25) is 0 Å². The molecule has 66 valence electrons. The van der Waals surface area contributed by atoms with Gasteiger partial charge in [0.1, 0.15) is 0 Å². The summed E-state index contributed by atoms with van der Waals surface area (Å²) in [7, 11) is 0. The van der Waals surface area contributed by atoms with Gasteiger partial charge in [-0.1, -0.05) is 0 Å². The molecule has 1 rings (SSSR count). The first kappa shape index (κ1) is 7.40.